The average molecular weight is 304 g/mol. The predicted molar refractivity (Wildman–Crippen MR) is 95.7 cm³/mol. The maximum absolute atomic E-state index is 5.83. The molecule has 2 N–H and O–H groups in total. The minimum atomic E-state index is 0.391. The SMILES string of the molecule is Cc1cn(N=Cc2ccccc2-c2ccc(C)c(C)c2)c(N)n1. The summed E-state index contributed by atoms with van der Waals surface area (Å²) in [5, 5.41) is 4.43. The van der Waals surface area contributed by atoms with Crippen LogP contribution in [-0.4, -0.2) is 15.9 Å². The summed E-state index contributed by atoms with van der Waals surface area (Å²) < 4.78 is 1.59. The third-order valence-electron chi connectivity index (χ3n) is 3.93. The lowest BCUT2D eigenvalue weighted by Crippen LogP contribution is -1.97. The van der Waals surface area contributed by atoms with Crippen molar-refractivity contribution in [1.82, 2.24) is 9.66 Å². The molecule has 3 aromatic rings. The highest BCUT2D eigenvalue weighted by Crippen LogP contribution is 2.25. The van der Waals surface area contributed by atoms with E-state index in [1.165, 1.54) is 16.7 Å². The van der Waals surface area contributed by atoms with E-state index in [9.17, 15) is 0 Å². The summed E-state index contributed by atoms with van der Waals surface area (Å²) in [5.41, 5.74) is 12.6. The first kappa shape index (κ1) is 15.0. The van der Waals surface area contributed by atoms with E-state index in [4.69, 9.17) is 5.73 Å². The van der Waals surface area contributed by atoms with Crippen molar-refractivity contribution in [2.24, 2.45) is 5.10 Å². The Balaban J connectivity index is 2.01. The normalized spacial score (nSPS) is 11.3. The minimum absolute atomic E-state index is 0.391. The highest BCUT2D eigenvalue weighted by molar-refractivity contribution is 5.90. The Morgan fingerprint density at radius 2 is 1.83 bits per heavy atom. The lowest BCUT2D eigenvalue weighted by molar-refractivity contribution is 0.897. The molecule has 0 fully saturated rings. The fourth-order valence-electron chi connectivity index (χ4n) is 2.50. The molecule has 2 aromatic carbocycles. The second kappa shape index (κ2) is 6.08. The summed E-state index contributed by atoms with van der Waals surface area (Å²) in [5.74, 6) is 0.391. The number of nitrogen functional groups attached to an aromatic ring is 1. The number of aryl methyl sites for hydroxylation is 3. The molecular weight excluding hydrogens is 284 g/mol. The van der Waals surface area contributed by atoms with Crippen LogP contribution in [-0.2, 0) is 0 Å². The molecule has 3 rings (SSSR count). The van der Waals surface area contributed by atoms with Crippen molar-refractivity contribution in [3.63, 3.8) is 0 Å². The highest BCUT2D eigenvalue weighted by atomic mass is 15.4. The van der Waals surface area contributed by atoms with Crippen LogP contribution in [0.5, 0.6) is 0 Å². The highest BCUT2D eigenvalue weighted by Gasteiger charge is 2.05. The quantitative estimate of drug-likeness (QED) is 0.745. The molecule has 0 bridgehead atoms. The van der Waals surface area contributed by atoms with Gasteiger partial charge in [-0.2, -0.15) is 5.10 Å². The molecule has 116 valence electrons. The van der Waals surface area contributed by atoms with Crippen molar-refractivity contribution in [2.75, 3.05) is 5.73 Å². The van der Waals surface area contributed by atoms with Crippen molar-refractivity contribution in [1.29, 1.82) is 0 Å². The Morgan fingerprint density at radius 1 is 1.04 bits per heavy atom. The van der Waals surface area contributed by atoms with Crippen LogP contribution in [0.3, 0.4) is 0 Å². The first-order chi connectivity index (χ1) is 11.0. The third-order valence-corrected chi connectivity index (χ3v) is 3.93. The number of hydrogen-bond donors (Lipinski definition) is 1. The van der Waals surface area contributed by atoms with Crippen molar-refractivity contribution in [3.8, 4) is 11.1 Å². The molecule has 0 unspecified atom stereocenters. The second-order valence-electron chi connectivity index (χ2n) is 5.72. The van der Waals surface area contributed by atoms with Crippen molar-refractivity contribution < 1.29 is 0 Å². The number of imidazole rings is 1. The van der Waals surface area contributed by atoms with Gasteiger partial charge in [0.25, 0.3) is 0 Å². The van der Waals surface area contributed by atoms with Crippen LogP contribution in [0.1, 0.15) is 22.4 Å². The van der Waals surface area contributed by atoms with Crippen molar-refractivity contribution in [3.05, 3.63) is 71.0 Å². The number of anilines is 1. The molecule has 0 aliphatic carbocycles. The molecule has 0 saturated heterocycles. The maximum atomic E-state index is 5.83. The fourth-order valence-corrected chi connectivity index (χ4v) is 2.50. The van der Waals surface area contributed by atoms with Crippen LogP contribution in [0.2, 0.25) is 0 Å². The van der Waals surface area contributed by atoms with E-state index in [2.05, 4.69) is 48.2 Å². The Morgan fingerprint density at radius 3 is 2.52 bits per heavy atom. The van der Waals surface area contributed by atoms with Gasteiger partial charge in [0, 0.05) is 5.56 Å². The first-order valence-electron chi connectivity index (χ1n) is 7.57. The summed E-state index contributed by atoms with van der Waals surface area (Å²) in [7, 11) is 0. The summed E-state index contributed by atoms with van der Waals surface area (Å²) >= 11 is 0. The van der Waals surface area contributed by atoms with Gasteiger partial charge in [-0.3, -0.25) is 0 Å². The van der Waals surface area contributed by atoms with E-state index in [0.717, 1.165) is 16.8 Å². The van der Waals surface area contributed by atoms with E-state index in [1.807, 2.05) is 37.5 Å². The second-order valence-corrected chi connectivity index (χ2v) is 5.72. The number of nitrogens with two attached hydrogens (primary N) is 1. The van der Waals surface area contributed by atoms with Gasteiger partial charge in [-0.1, -0.05) is 42.5 Å². The number of hydrogen-bond acceptors (Lipinski definition) is 3. The molecule has 1 aromatic heterocycles. The van der Waals surface area contributed by atoms with Gasteiger partial charge in [0.05, 0.1) is 18.1 Å². The molecule has 0 aliphatic rings. The largest absolute Gasteiger partial charge is 0.368 e. The van der Waals surface area contributed by atoms with E-state index < -0.39 is 0 Å². The molecule has 0 radical (unpaired) electrons. The summed E-state index contributed by atoms with van der Waals surface area (Å²) in [6, 6.07) is 14.7. The van der Waals surface area contributed by atoms with E-state index in [1.54, 1.807) is 4.68 Å². The zero-order chi connectivity index (χ0) is 16.4. The fraction of sp³-hybridized carbons (Fsp3) is 0.158. The zero-order valence-electron chi connectivity index (χ0n) is 13.6. The third kappa shape index (κ3) is 3.16. The van der Waals surface area contributed by atoms with Gasteiger partial charge in [-0.25, -0.2) is 9.66 Å². The topological polar surface area (TPSA) is 56.2 Å². The van der Waals surface area contributed by atoms with Gasteiger partial charge in [0.1, 0.15) is 0 Å². The molecule has 4 heteroatoms. The number of aromatic nitrogens is 2. The van der Waals surface area contributed by atoms with Crippen LogP contribution in [0.25, 0.3) is 11.1 Å². The van der Waals surface area contributed by atoms with Crippen LogP contribution in [0, 0.1) is 20.8 Å². The van der Waals surface area contributed by atoms with Gasteiger partial charge in [0.15, 0.2) is 0 Å². The summed E-state index contributed by atoms with van der Waals surface area (Å²) in [4.78, 5) is 4.15. The van der Waals surface area contributed by atoms with Gasteiger partial charge in [0.2, 0.25) is 5.95 Å². The lowest BCUT2D eigenvalue weighted by atomic mass is 9.97. The van der Waals surface area contributed by atoms with Gasteiger partial charge < -0.3 is 5.73 Å². The monoisotopic (exact) mass is 304 g/mol. The van der Waals surface area contributed by atoms with Crippen LogP contribution >= 0.6 is 0 Å². The molecule has 23 heavy (non-hydrogen) atoms. The molecule has 0 saturated carbocycles. The summed E-state index contributed by atoms with van der Waals surface area (Å²) in [6.45, 7) is 6.15. The lowest BCUT2D eigenvalue weighted by Gasteiger charge is -2.08. The molecule has 0 amide bonds. The Kier molecular flexibility index (Phi) is 3.98. The molecule has 1 heterocycles. The summed E-state index contributed by atoms with van der Waals surface area (Å²) in [6.07, 6.45) is 3.63. The number of benzene rings is 2. The molecule has 0 atom stereocenters. The van der Waals surface area contributed by atoms with Crippen LogP contribution in [0.4, 0.5) is 5.95 Å². The van der Waals surface area contributed by atoms with Gasteiger partial charge in [-0.15, -0.1) is 0 Å². The Bertz CT molecular complexity index is 875. The molecule has 4 nitrogen and oxygen atoms in total. The minimum Gasteiger partial charge on any atom is -0.368 e. The van der Waals surface area contributed by atoms with E-state index in [0.29, 0.717) is 5.95 Å². The van der Waals surface area contributed by atoms with E-state index in [-0.39, 0.29) is 0 Å². The molecular formula is C19H20N4. The standard InChI is InChI=1S/C19H20N4/c1-13-8-9-16(10-14(13)2)18-7-5-4-6-17(18)11-21-23-12-15(3)22-19(23)20/h4-12H,1-3H3,(H2,20,22). The van der Waals surface area contributed by atoms with E-state index >= 15 is 0 Å². The Hall–Kier alpha value is -2.88. The maximum Gasteiger partial charge on any atom is 0.221 e. The Labute approximate surface area is 136 Å². The van der Waals surface area contributed by atoms with Crippen LogP contribution in [0.15, 0.2) is 53.8 Å². The number of nitrogens with zero attached hydrogens (tertiary/aromatic N) is 3. The van der Waals surface area contributed by atoms with Crippen molar-refractivity contribution >= 4 is 12.2 Å². The van der Waals surface area contributed by atoms with Gasteiger partial charge in [-0.05, 0) is 43.0 Å². The molecule has 0 aliphatic heterocycles. The smallest absolute Gasteiger partial charge is 0.221 e. The van der Waals surface area contributed by atoms with Gasteiger partial charge >= 0.3 is 0 Å². The molecule has 0 spiro atoms. The number of rotatable bonds is 3. The van der Waals surface area contributed by atoms with Crippen LogP contribution < -0.4 is 5.73 Å². The predicted octanol–water partition coefficient (Wildman–Crippen LogP) is 3.94. The zero-order valence-corrected chi connectivity index (χ0v) is 13.6. The average Bonchev–Trinajstić information content (AvgIpc) is 2.86. The first-order valence-corrected chi connectivity index (χ1v) is 7.57. The van der Waals surface area contributed by atoms with Crippen molar-refractivity contribution in [2.45, 2.75) is 20.8 Å².